The number of methoxy groups -OCH3 is 1. The van der Waals surface area contributed by atoms with E-state index in [1.165, 1.54) is 18.2 Å². The first kappa shape index (κ1) is 19.6. The zero-order chi connectivity index (χ0) is 21.5. The van der Waals surface area contributed by atoms with Gasteiger partial charge in [-0.15, -0.1) is 0 Å². The molecule has 1 heterocycles. The molecule has 4 nitrogen and oxygen atoms in total. The highest BCUT2D eigenvalue weighted by Crippen LogP contribution is 2.36. The number of fused-ring (bicyclic) bond motifs is 1. The summed E-state index contributed by atoms with van der Waals surface area (Å²) in [4.78, 5) is 12.9. The molecule has 0 saturated carbocycles. The van der Waals surface area contributed by atoms with Crippen molar-refractivity contribution in [2.75, 3.05) is 7.11 Å². The van der Waals surface area contributed by atoms with Crippen molar-refractivity contribution in [3.63, 3.8) is 0 Å². The second kappa shape index (κ2) is 7.26. The summed E-state index contributed by atoms with van der Waals surface area (Å²) < 4.78 is 49.9. The van der Waals surface area contributed by atoms with Crippen LogP contribution < -0.4 is 10.5 Å². The molecule has 30 heavy (non-hydrogen) atoms. The van der Waals surface area contributed by atoms with Crippen LogP contribution in [-0.4, -0.2) is 12.9 Å². The van der Waals surface area contributed by atoms with Crippen LogP contribution in [0.3, 0.4) is 0 Å². The minimum atomic E-state index is -4.53. The molecule has 0 radical (unpaired) electrons. The number of benzene rings is 3. The van der Waals surface area contributed by atoms with Crippen LogP contribution >= 0.6 is 0 Å². The molecule has 0 unspecified atom stereocenters. The van der Waals surface area contributed by atoms with E-state index >= 15 is 0 Å². The van der Waals surface area contributed by atoms with Crippen LogP contribution in [0.2, 0.25) is 0 Å². The molecule has 0 fully saturated rings. The number of ether oxygens (including phenoxy) is 2. The van der Waals surface area contributed by atoms with Crippen LogP contribution in [0, 0.1) is 0 Å². The van der Waals surface area contributed by atoms with Gasteiger partial charge in [0.1, 0.15) is 5.75 Å². The van der Waals surface area contributed by atoms with Crippen molar-refractivity contribution in [2.24, 2.45) is 5.73 Å². The highest BCUT2D eigenvalue weighted by molar-refractivity contribution is 6.31. The fourth-order valence-corrected chi connectivity index (χ4v) is 3.42. The molecule has 7 heteroatoms. The molecule has 1 aliphatic heterocycles. The van der Waals surface area contributed by atoms with Gasteiger partial charge in [-0.1, -0.05) is 42.5 Å². The number of carbonyl (C=O) groups is 1. The van der Waals surface area contributed by atoms with Crippen molar-refractivity contribution in [3.05, 3.63) is 89.0 Å². The molecule has 3 aromatic rings. The van der Waals surface area contributed by atoms with Crippen LogP contribution in [0.1, 0.15) is 16.7 Å². The molecule has 2 N–H and O–H groups in total. The van der Waals surface area contributed by atoms with E-state index in [1.54, 1.807) is 19.2 Å². The van der Waals surface area contributed by atoms with Gasteiger partial charge in [0.15, 0.2) is 5.76 Å². The van der Waals surface area contributed by atoms with Gasteiger partial charge in [-0.05, 0) is 40.8 Å². The molecule has 0 aliphatic carbocycles. The predicted octanol–water partition coefficient (Wildman–Crippen LogP) is 5.13. The van der Waals surface area contributed by atoms with Gasteiger partial charge in [0.25, 0.3) is 0 Å². The Morgan fingerprint density at radius 3 is 2.43 bits per heavy atom. The first-order chi connectivity index (χ1) is 14.3. The van der Waals surface area contributed by atoms with Crippen molar-refractivity contribution in [2.45, 2.75) is 6.18 Å². The molecule has 0 atom stereocenters. The van der Waals surface area contributed by atoms with Gasteiger partial charge in [0.2, 0.25) is 11.7 Å². The van der Waals surface area contributed by atoms with E-state index in [9.17, 15) is 18.0 Å². The van der Waals surface area contributed by atoms with Crippen LogP contribution in [0.15, 0.2) is 72.3 Å². The molecule has 0 saturated heterocycles. The third kappa shape index (κ3) is 3.39. The van der Waals surface area contributed by atoms with Gasteiger partial charge in [-0.2, -0.15) is 13.2 Å². The zero-order valence-corrected chi connectivity index (χ0v) is 15.8. The van der Waals surface area contributed by atoms with Gasteiger partial charge in [-0.3, -0.25) is 4.79 Å². The number of alkyl halides is 3. The number of halogens is 3. The van der Waals surface area contributed by atoms with Crippen molar-refractivity contribution in [1.82, 2.24) is 0 Å². The van der Waals surface area contributed by atoms with E-state index < -0.39 is 17.5 Å². The Labute approximate surface area is 170 Å². The number of ketones is 1. The number of allylic oxidation sites excluding steroid dienone is 1. The zero-order valence-electron chi connectivity index (χ0n) is 15.8. The summed E-state index contributed by atoms with van der Waals surface area (Å²) in [6.45, 7) is 0. The first-order valence-electron chi connectivity index (χ1n) is 8.97. The average Bonchev–Trinajstić information content (AvgIpc) is 3.00. The fraction of sp³-hybridized carbons (Fsp3) is 0.0870. The number of hydrogen-bond donors (Lipinski definition) is 1. The van der Waals surface area contributed by atoms with Gasteiger partial charge < -0.3 is 15.2 Å². The predicted molar refractivity (Wildman–Crippen MR) is 107 cm³/mol. The second-order valence-corrected chi connectivity index (χ2v) is 6.66. The fourth-order valence-electron chi connectivity index (χ4n) is 3.42. The number of rotatable bonds is 3. The first-order valence-corrected chi connectivity index (χ1v) is 8.97. The molecule has 0 aromatic heterocycles. The summed E-state index contributed by atoms with van der Waals surface area (Å²) in [5, 5.41) is 1.67. The molecule has 0 spiro atoms. The maximum absolute atomic E-state index is 13.0. The summed E-state index contributed by atoms with van der Waals surface area (Å²) >= 11 is 0. The standard InChI is InChI=1S/C23H16F3NO3/c1-29-18-10-4-8-16-13(5-3-9-17(16)18)12-19-21(28)20(22(27)30-19)14-6-2-7-15(11-14)23(24,25)26/h2-12H,27H2,1H3/b19-12+. The molecule has 0 bridgehead atoms. The minimum absolute atomic E-state index is 0.0512. The van der Waals surface area contributed by atoms with E-state index in [2.05, 4.69) is 0 Å². The second-order valence-electron chi connectivity index (χ2n) is 6.66. The molecule has 152 valence electrons. The van der Waals surface area contributed by atoms with E-state index in [-0.39, 0.29) is 22.8 Å². The smallest absolute Gasteiger partial charge is 0.416 e. The lowest BCUT2D eigenvalue weighted by Gasteiger charge is -2.08. The Morgan fingerprint density at radius 2 is 1.70 bits per heavy atom. The van der Waals surface area contributed by atoms with E-state index in [1.807, 2.05) is 24.3 Å². The Bertz CT molecular complexity index is 1230. The maximum atomic E-state index is 13.0. The summed E-state index contributed by atoms with van der Waals surface area (Å²) in [6.07, 6.45) is -3.01. The summed E-state index contributed by atoms with van der Waals surface area (Å²) in [5.74, 6) is -0.195. The SMILES string of the molecule is COc1cccc2c(/C=C3/OC(N)=C(c4cccc(C(F)(F)F)c4)C3=O)cccc12. The molecule has 3 aromatic carbocycles. The Hall–Kier alpha value is -3.74. The third-order valence-corrected chi connectivity index (χ3v) is 4.82. The van der Waals surface area contributed by atoms with Crippen molar-refractivity contribution in [3.8, 4) is 5.75 Å². The molecule has 0 amide bonds. The van der Waals surface area contributed by atoms with Gasteiger partial charge in [0, 0.05) is 5.39 Å². The maximum Gasteiger partial charge on any atom is 0.416 e. The largest absolute Gasteiger partial charge is 0.496 e. The number of carbonyl (C=O) groups excluding carboxylic acids is 1. The Balaban J connectivity index is 1.75. The summed E-state index contributed by atoms with van der Waals surface area (Å²) in [6, 6.07) is 15.4. The van der Waals surface area contributed by atoms with E-state index in [0.717, 1.165) is 22.9 Å². The summed E-state index contributed by atoms with van der Waals surface area (Å²) in [7, 11) is 1.56. The van der Waals surface area contributed by atoms with Crippen LogP contribution in [-0.2, 0) is 15.7 Å². The quantitative estimate of drug-likeness (QED) is 0.607. The Kier molecular flexibility index (Phi) is 4.73. The normalized spacial score (nSPS) is 15.7. The van der Waals surface area contributed by atoms with Gasteiger partial charge in [0.05, 0.1) is 18.2 Å². The highest BCUT2D eigenvalue weighted by Gasteiger charge is 2.34. The third-order valence-electron chi connectivity index (χ3n) is 4.82. The number of nitrogens with two attached hydrogens (primary N) is 1. The lowest BCUT2D eigenvalue weighted by atomic mass is 9.98. The lowest BCUT2D eigenvalue weighted by Crippen LogP contribution is -2.07. The molecule has 4 rings (SSSR count). The van der Waals surface area contributed by atoms with Crippen molar-refractivity contribution < 1.29 is 27.4 Å². The van der Waals surface area contributed by atoms with Crippen LogP contribution in [0.25, 0.3) is 22.4 Å². The Morgan fingerprint density at radius 1 is 1.00 bits per heavy atom. The van der Waals surface area contributed by atoms with Crippen LogP contribution in [0.4, 0.5) is 13.2 Å². The number of Topliss-reactive ketones (excluding diaryl/α,β-unsaturated/α-hetero) is 1. The van der Waals surface area contributed by atoms with Crippen LogP contribution in [0.5, 0.6) is 5.75 Å². The lowest BCUT2D eigenvalue weighted by molar-refractivity contribution is -0.137. The molecular weight excluding hydrogens is 395 g/mol. The van der Waals surface area contributed by atoms with Gasteiger partial charge in [-0.25, -0.2) is 0 Å². The molecule has 1 aliphatic rings. The van der Waals surface area contributed by atoms with Crippen molar-refractivity contribution >= 4 is 28.2 Å². The monoisotopic (exact) mass is 411 g/mol. The minimum Gasteiger partial charge on any atom is -0.496 e. The number of hydrogen-bond acceptors (Lipinski definition) is 4. The summed E-state index contributed by atoms with van der Waals surface area (Å²) in [5.41, 5.74) is 5.64. The van der Waals surface area contributed by atoms with E-state index in [0.29, 0.717) is 11.3 Å². The van der Waals surface area contributed by atoms with E-state index in [4.69, 9.17) is 15.2 Å². The van der Waals surface area contributed by atoms with Crippen molar-refractivity contribution in [1.29, 1.82) is 0 Å². The van der Waals surface area contributed by atoms with Gasteiger partial charge >= 0.3 is 6.18 Å². The highest BCUT2D eigenvalue weighted by atomic mass is 19.4. The topological polar surface area (TPSA) is 61.6 Å². The molecular formula is C23H16F3NO3. The average molecular weight is 411 g/mol.